The summed E-state index contributed by atoms with van der Waals surface area (Å²) in [6.45, 7) is 3.92. The van der Waals surface area contributed by atoms with Gasteiger partial charge in [-0.25, -0.2) is 0 Å². The summed E-state index contributed by atoms with van der Waals surface area (Å²) < 4.78 is 1.29. The molecule has 0 fully saturated rings. The van der Waals surface area contributed by atoms with Gasteiger partial charge in [-0.1, -0.05) is 0 Å². The van der Waals surface area contributed by atoms with Gasteiger partial charge in [0.1, 0.15) is 0 Å². The van der Waals surface area contributed by atoms with Crippen molar-refractivity contribution in [3.8, 4) is 5.88 Å². The van der Waals surface area contributed by atoms with Gasteiger partial charge >= 0.3 is 0 Å². The van der Waals surface area contributed by atoms with E-state index in [1.165, 1.54) is 10.6 Å². The van der Waals surface area contributed by atoms with Crippen molar-refractivity contribution in [2.45, 2.75) is 20.5 Å². The van der Waals surface area contributed by atoms with Crippen molar-refractivity contribution >= 4 is 0 Å². The fourth-order valence-electron chi connectivity index (χ4n) is 1.17. The molecule has 0 saturated heterocycles. The predicted octanol–water partition coefficient (Wildman–Crippen LogP) is 0.348. The molecule has 0 amide bonds. The van der Waals surface area contributed by atoms with E-state index in [4.69, 9.17) is 0 Å². The van der Waals surface area contributed by atoms with E-state index >= 15 is 0 Å². The first kappa shape index (κ1) is 9.80. The van der Waals surface area contributed by atoms with Crippen LogP contribution in [0.1, 0.15) is 11.1 Å². The number of hydrogen-bond acceptors (Lipinski definition) is 3. The number of aryl methyl sites for hydroxylation is 1. The van der Waals surface area contributed by atoms with E-state index < -0.39 is 0 Å². The highest BCUT2D eigenvalue weighted by atomic mass is 16.3. The van der Waals surface area contributed by atoms with E-state index in [-0.39, 0.29) is 11.4 Å². The fourth-order valence-corrected chi connectivity index (χ4v) is 1.17. The van der Waals surface area contributed by atoms with Gasteiger partial charge in [0, 0.05) is 11.6 Å². The Morgan fingerprint density at radius 2 is 2.15 bits per heavy atom. The lowest BCUT2D eigenvalue weighted by molar-refractivity contribution is 0.392. The molecule has 1 heterocycles. The molecule has 0 aromatic carbocycles. The van der Waals surface area contributed by atoms with E-state index in [0.29, 0.717) is 6.67 Å². The van der Waals surface area contributed by atoms with Gasteiger partial charge in [-0.3, -0.25) is 9.36 Å². The molecule has 0 saturated carbocycles. The molecule has 0 unspecified atom stereocenters. The van der Waals surface area contributed by atoms with Gasteiger partial charge in [0.2, 0.25) is 0 Å². The van der Waals surface area contributed by atoms with Gasteiger partial charge in [-0.05, 0) is 26.5 Å². The van der Waals surface area contributed by atoms with Crippen LogP contribution < -0.4 is 10.9 Å². The Bertz CT molecular complexity index is 369. The predicted molar refractivity (Wildman–Crippen MR) is 50.9 cm³/mol. The van der Waals surface area contributed by atoms with Gasteiger partial charge < -0.3 is 10.4 Å². The molecule has 72 valence electrons. The highest BCUT2D eigenvalue weighted by molar-refractivity contribution is 5.31. The Morgan fingerprint density at radius 1 is 1.54 bits per heavy atom. The second-order valence-electron chi connectivity index (χ2n) is 3.05. The maximum absolute atomic E-state index is 11.4. The van der Waals surface area contributed by atoms with Crippen LogP contribution in [-0.2, 0) is 6.67 Å². The number of aromatic nitrogens is 1. The monoisotopic (exact) mass is 182 g/mol. The van der Waals surface area contributed by atoms with Crippen molar-refractivity contribution in [2.75, 3.05) is 7.05 Å². The van der Waals surface area contributed by atoms with E-state index in [1.54, 1.807) is 20.9 Å². The van der Waals surface area contributed by atoms with Gasteiger partial charge in [0.25, 0.3) is 5.56 Å². The molecule has 4 heteroatoms. The van der Waals surface area contributed by atoms with Crippen LogP contribution >= 0.6 is 0 Å². The Balaban J connectivity index is 3.35. The standard InChI is InChI=1S/C9H14N2O2/c1-6-4-8(12)11(5-10-3)9(13)7(6)2/h4,10,13H,5H2,1-3H3. The number of nitrogens with zero attached hydrogens (tertiary/aromatic N) is 1. The first-order chi connectivity index (χ1) is 6.07. The third kappa shape index (κ3) is 1.72. The van der Waals surface area contributed by atoms with E-state index in [2.05, 4.69) is 5.32 Å². The zero-order chi connectivity index (χ0) is 10.0. The second-order valence-corrected chi connectivity index (χ2v) is 3.05. The van der Waals surface area contributed by atoms with Crippen molar-refractivity contribution in [3.05, 3.63) is 27.5 Å². The maximum Gasteiger partial charge on any atom is 0.254 e. The molecule has 0 aliphatic heterocycles. The Morgan fingerprint density at radius 3 is 2.69 bits per heavy atom. The first-order valence-electron chi connectivity index (χ1n) is 4.12. The molecule has 1 aromatic rings. The second kappa shape index (κ2) is 3.62. The highest BCUT2D eigenvalue weighted by Gasteiger charge is 2.07. The van der Waals surface area contributed by atoms with Crippen LogP contribution in [-0.4, -0.2) is 16.7 Å². The van der Waals surface area contributed by atoms with Crippen LogP contribution in [0, 0.1) is 13.8 Å². The summed E-state index contributed by atoms with van der Waals surface area (Å²) >= 11 is 0. The zero-order valence-corrected chi connectivity index (χ0v) is 8.09. The molecule has 2 N–H and O–H groups in total. The first-order valence-corrected chi connectivity index (χ1v) is 4.12. The highest BCUT2D eigenvalue weighted by Crippen LogP contribution is 2.15. The number of nitrogens with one attached hydrogen (secondary N) is 1. The Labute approximate surface area is 76.8 Å². The summed E-state index contributed by atoms with van der Waals surface area (Å²) in [7, 11) is 1.72. The molecule has 0 radical (unpaired) electrons. The lowest BCUT2D eigenvalue weighted by atomic mass is 10.2. The third-order valence-electron chi connectivity index (χ3n) is 2.10. The minimum atomic E-state index is -0.185. The molecular weight excluding hydrogens is 168 g/mol. The smallest absolute Gasteiger partial charge is 0.254 e. The molecular formula is C9H14N2O2. The number of rotatable bonds is 2. The van der Waals surface area contributed by atoms with Crippen LogP contribution in [0.15, 0.2) is 10.9 Å². The van der Waals surface area contributed by atoms with Gasteiger partial charge in [0.05, 0.1) is 6.67 Å². The molecule has 1 rings (SSSR count). The average molecular weight is 182 g/mol. The van der Waals surface area contributed by atoms with Crippen LogP contribution in [0.25, 0.3) is 0 Å². The van der Waals surface area contributed by atoms with E-state index in [1.807, 2.05) is 0 Å². The fraction of sp³-hybridized carbons (Fsp3) is 0.444. The summed E-state index contributed by atoms with van der Waals surface area (Å²) in [6, 6.07) is 1.52. The summed E-state index contributed by atoms with van der Waals surface area (Å²) in [5, 5.41) is 12.4. The SMILES string of the molecule is CNCn1c(O)c(C)c(C)cc1=O. The van der Waals surface area contributed by atoms with Crippen molar-refractivity contribution in [3.63, 3.8) is 0 Å². The van der Waals surface area contributed by atoms with Crippen molar-refractivity contribution in [1.29, 1.82) is 0 Å². The lowest BCUT2D eigenvalue weighted by Gasteiger charge is -2.11. The van der Waals surface area contributed by atoms with E-state index in [9.17, 15) is 9.90 Å². The van der Waals surface area contributed by atoms with Crippen molar-refractivity contribution in [2.24, 2.45) is 0 Å². The van der Waals surface area contributed by atoms with Crippen LogP contribution in [0.5, 0.6) is 5.88 Å². The van der Waals surface area contributed by atoms with Crippen LogP contribution in [0.3, 0.4) is 0 Å². The molecule has 0 bridgehead atoms. The van der Waals surface area contributed by atoms with Crippen molar-refractivity contribution < 1.29 is 5.11 Å². The normalized spacial score (nSPS) is 10.4. The number of pyridine rings is 1. The summed E-state index contributed by atoms with van der Waals surface area (Å²) in [5.74, 6) is 0.0411. The minimum absolute atomic E-state index is 0.0411. The van der Waals surface area contributed by atoms with E-state index in [0.717, 1.165) is 11.1 Å². The lowest BCUT2D eigenvalue weighted by Crippen LogP contribution is -2.26. The van der Waals surface area contributed by atoms with Gasteiger partial charge in [0.15, 0.2) is 5.88 Å². The molecule has 4 nitrogen and oxygen atoms in total. The Kier molecular flexibility index (Phi) is 2.72. The average Bonchev–Trinajstić information content (AvgIpc) is 2.09. The molecule has 1 aromatic heterocycles. The summed E-state index contributed by atoms with van der Waals surface area (Å²) in [5.41, 5.74) is 1.37. The largest absolute Gasteiger partial charge is 0.494 e. The third-order valence-corrected chi connectivity index (χ3v) is 2.10. The van der Waals surface area contributed by atoms with Crippen LogP contribution in [0.2, 0.25) is 0 Å². The Hall–Kier alpha value is -1.29. The molecule has 0 aliphatic rings. The topological polar surface area (TPSA) is 54.3 Å². The maximum atomic E-state index is 11.4. The van der Waals surface area contributed by atoms with Gasteiger partial charge in [-0.15, -0.1) is 0 Å². The van der Waals surface area contributed by atoms with Crippen molar-refractivity contribution in [1.82, 2.24) is 9.88 Å². The summed E-state index contributed by atoms with van der Waals surface area (Å²) in [4.78, 5) is 11.4. The van der Waals surface area contributed by atoms with Crippen LogP contribution in [0.4, 0.5) is 0 Å². The molecule has 13 heavy (non-hydrogen) atoms. The zero-order valence-electron chi connectivity index (χ0n) is 8.09. The quantitative estimate of drug-likeness (QED) is 0.693. The number of aromatic hydroxyl groups is 1. The molecule has 0 aliphatic carbocycles. The molecule has 0 atom stereocenters. The molecule has 0 spiro atoms. The summed E-state index contributed by atoms with van der Waals surface area (Å²) in [6.07, 6.45) is 0. The van der Waals surface area contributed by atoms with Gasteiger partial charge in [-0.2, -0.15) is 0 Å². The minimum Gasteiger partial charge on any atom is -0.494 e. The number of hydrogen-bond donors (Lipinski definition) is 2.